The maximum absolute atomic E-state index is 8.20. The first-order valence-electron chi connectivity index (χ1n) is 30.6. The molecule has 1 aliphatic carbocycles. The molecule has 0 atom stereocenters. The van der Waals surface area contributed by atoms with Crippen molar-refractivity contribution in [1.82, 2.24) is 4.40 Å². The molecular formula is C79H71N3. The molecule has 3 heteroatoms. The van der Waals surface area contributed by atoms with Crippen LogP contribution in [-0.4, -0.2) is 4.40 Å². The molecular weight excluding hydrogens is 991 g/mol. The Morgan fingerprint density at radius 3 is 1.35 bits per heavy atom. The van der Waals surface area contributed by atoms with Gasteiger partial charge in [-0.25, -0.2) is 0 Å². The fraction of sp³-hybridized carbons (Fsp3) is 0.190. The van der Waals surface area contributed by atoms with Crippen molar-refractivity contribution in [1.29, 1.82) is 0 Å². The van der Waals surface area contributed by atoms with Crippen molar-refractivity contribution in [2.75, 3.05) is 9.80 Å². The summed E-state index contributed by atoms with van der Waals surface area (Å²) in [5.41, 5.74) is 21.6. The van der Waals surface area contributed by atoms with Gasteiger partial charge in [0.1, 0.15) is 0 Å². The van der Waals surface area contributed by atoms with Crippen LogP contribution < -0.4 is 9.80 Å². The number of hydrogen-bond donors (Lipinski definition) is 0. The highest BCUT2D eigenvalue weighted by molar-refractivity contribution is 6.30. The van der Waals surface area contributed by atoms with E-state index in [-0.39, 0.29) is 16.2 Å². The second-order valence-electron chi connectivity index (χ2n) is 26.1. The quantitative estimate of drug-likeness (QED) is 0.150. The van der Waals surface area contributed by atoms with Crippen LogP contribution in [0.2, 0.25) is 0 Å². The first kappa shape index (κ1) is 47.8. The standard InChI is InChI=1S/C79H71N3/c1-50-22-30-57(31-23-50)80(59-34-26-52(27-35-59)76(3,4)5)61-38-40-63-66-43-42-65-67(74(66)79(70(63)48-61,54-18-14-12-15-19-54)55-20-16-13-17-21-55)44-45-71-73(65)69-47-56(78(9,10)11)46-68-64-41-39-62(49-72(64)82(71)75(68)69)81(58-32-24-51(2)25-33-58)60-36-28-53(29-37-60)77(6,7)8/h12-49H,1-11H3/i2D3. The Bertz CT molecular complexity index is 4610. The van der Waals surface area contributed by atoms with Crippen LogP contribution in [0.25, 0.3) is 60.0 Å². The second kappa shape index (κ2) is 18.6. The second-order valence-corrected chi connectivity index (χ2v) is 26.1. The van der Waals surface area contributed by atoms with Crippen LogP contribution in [-0.2, 0) is 21.7 Å². The number of benzene rings is 11. The van der Waals surface area contributed by atoms with Crippen LogP contribution in [0.4, 0.5) is 34.1 Å². The number of anilines is 6. The Morgan fingerprint density at radius 1 is 0.366 bits per heavy atom. The fourth-order valence-electron chi connectivity index (χ4n) is 13.6. The van der Waals surface area contributed by atoms with Crippen LogP contribution in [0.5, 0.6) is 0 Å². The fourth-order valence-corrected chi connectivity index (χ4v) is 13.6. The normalized spacial score (nSPS) is 14.1. The van der Waals surface area contributed by atoms with Crippen molar-refractivity contribution in [2.45, 2.75) is 97.7 Å². The lowest BCUT2D eigenvalue weighted by Crippen LogP contribution is -2.29. The highest BCUT2D eigenvalue weighted by Gasteiger charge is 2.48. The van der Waals surface area contributed by atoms with Crippen molar-refractivity contribution in [2.24, 2.45) is 0 Å². The van der Waals surface area contributed by atoms with E-state index in [4.69, 9.17) is 4.11 Å². The van der Waals surface area contributed by atoms with Gasteiger partial charge in [0.05, 0.1) is 22.0 Å². The zero-order valence-corrected chi connectivity index (χ0v) is 48.8. The molecule has 0 saturated carbocycles. The van der Waals surface area contributed by atoms with Crippen LogP contribution in [0, 0.1) is 13.8 Å². The summed E-state index contributed by atoms with van der Waals surface area (Å²) in [5.74, 6) is 0. The Balaban J connectivity index is 1.04. The lowest BCUT2D eigenvalue weighted by Gasteiger charge is -2.35. The van der Waals surface area contributed by atoms with E-state index in [1.165, 1.54) is 93.5 Å². The van der Waals surface area contributed by atoms with Crippen molar-refractivity contribution in [3.63, 3.8) is 0 Å². The van der Waals surface area contributed by atoms with Gasteiger partial charge in [-0.1, -0.05) is 213 Å². The van der Waals surface area contributed by atoms with E-state index in [1.54, 1.807) is 12.1 Å². The van der Waals surface area contributed by atoms with E-state index in [1.807, 2.05) is 12.1 Å². The highest BCUT2D eigenvalue weighted by Crippen LogP contribution is 2.60. The van der Waals surface area contributed by atoms with E-state index >= 15 is 0 Å². The monoisotopic (exact) mass is 1060 g/mol. The minimum absolute atomic E-state index is 0.0189. The molecule has 82 heavy (non-hydrogen) atoms. The SMILES string of the molecule is [2H]C([2H])([2H])c1ccc(N(c2ccc(C(C)(C)C)cc2)c2ccc3c4cc(C(C)(C)C)cc5c6c7ccc8c(c7ccc6n(c3c2)c45)C(c2ccccc2)(c2ccccc2)c2cc(N(c3ccc(C)cc3)c3ccc(C(C)(C)C)cc3)ccc2-8)cc1. The molecule has 402 valence electrons. The van der Waals surface area contributed by atoms with E-state index < -0.39 is 12.3 Å². The summed E-state index contributed by atoms with van der Waals surface area (Å²) in [6.07, 6.45) is 0. The third kappa shape index (κ3) is 7.99. The summed E-state index contributed by atoms with van der Waals surface area (Å²) in [6.45, 7) is 20.5. The smallest absolute Gasteiger partial charge is 0.0720 e. The average Bonchev–Trinajstić information content (AvgIpc) is 1.61. The third-order valence-corrected chi connectivity index (χ3v) is 17.8. The molecule has 13 aromatic rings. The molecule has 0 amide bonds. The Hall–Kier alpha value is -8.92. The summed E-state index contributed by atoms with van der Waals surface area (Å²) in [6, 6.07) is 85.4. The summed E-state index contributed by atoms with van der Waals surface area (Å²) >= 11 is 0. The van der Waals surface area contributed by atoms with Crippen molar-refractivity contribution in [3.8, 4) is 11.1 Å². The van der Waals surface area contributed by atoms with E-state index in [0.29, 0.717) is 5.56 Å². The van der Waals surface area contributed by atoms with Crippen molar-refractivity contribution < 1.29 is 4.11 Å². The minimum atomic E-state index is -2.21. The Morgan fingerprint density at radius 2 is 0.817 bits per heavy atom. The Kier molecular flexibility index (Phi) is 10.8. The first-order chi connectivity index (χ1) is 40.6. The molecule has 3 nitrogen and oxygen atoms in total. The van der Waals surface area contributed by atoms with Gasteiger partial charge in [-0.15, -0.1) is 0 Å². The summed E-state index contributed by atoms with van der Waals surface area (Å²) in [7, 11) is 0. The zero-order chi connectivity index (χ0) is 59.1. The van der Waals surface area contributed by atoms with Gasteiger partial charge >= 0.3 is 0 Å². The molecule has 14 rings (SSSR count). The van der Waals surface area contributed by atoms with Gasteiger partial charge in [-0.05, 0) is 182 Å². The summed E-state index contributed by atoms with van der Waals surface area (Å²) < 4.78 is 27.1. The van der Waals surface area contributed by atoms with Crippen LogP contribution in [0.15, 0.2) is 231 Å². The van der Waals surface area contributed by atoms with E-state index in [2.05, 4.69) is 290 Å². The van der Waals surface area contributed by atoms with Gasteiger partial charge in [-0.2, -0.15) is 0 Å². The van der Waals surface area contributed by atoms with E-state index in [0.717, 1.165) is 45.2 Å². The molecule has 2 aromatic heterocycles. The topological polar surface area (TPSA) is 10.9 Å². The largest absolute Gasteiger partial charge is 0.310 e. The lowest BCUT2D eigenvalue weighted by molar-refractivity contribution is 0.590. The van der Waals surface area contributed by atoms with E-state index in [9.17, 15) is 0 Å². The van der Waals surface area contributed by atoms with Crippen molar-refractivity contribution >= 4 is 83.0 Å². The molecule has 0 spiro atoms. The minimum Gasteiger partial charge on any atom is -0.310 e. The average molecular weight is 1070 g/mol. The molecule has 0 aliphatic heterocycles. The number of hydrogen-bond acceptors (Lipinski definition) is 2. The van der Waals surface area contributed by atoms with Gasteiger partial charge in [-0.3, -0.25) is 0 Å². The molecule has 0 saturated heterocycles. The third-order valence-electron chi connectivity index (χ3n) is 17.8. The zero-order valence-electron chi connectivity index (χ0n) is 51.8. The maximum atomic E-state index is 8.20. The van der Waals surface area contributed by atoms with Gasteiger partial charge in [0, 0.05) is 59.8 Å². The number of rotatable bonds is 8. The van der Waals surface area contributed by atoms with Gasteiger partial charge in [0.25, 0.3) is 0 Å². The number of nitrogens with zero attached hydrogens (tertiary/aromatic N) is 3. The molecule has 0 bridgehead atoms. The van der Waals surface area contributed by atoms with Gasteiger partial charge in [0.15, 0.2) is 0 Å². The predicted molar refractivity (Wildman–Crippen MR) is 351 cm³/mol. The van der Waals surface area contributed by atoms with Crippen LogP contribution in [0.3, 0.4) is 0 Å². The molecule has 0 radical (unpaired) electrons. The molecule has 0 fully saturated rings. The molecule has 2 heterocycles. The molecule has 0 N–H and O–H groups in total. The first-order valence-corrected chi connectivity index (χ1v) is 29.1. The maximum Gasteiger partial charge on any atom is 0.0720 e. The number of fused-ring (bicyclic) bond motifs is 12. The Labute approximate surface area is 488 Å². The summed E-state index contributed by atoms with van der Waals surface area (Å²) in [4.78, 5) is 4.69. The van der Waals surface area contributed by atoms with Gasteiger partial charge < -0.3 is 14.2 Å². The molecule has 0 unspecified atom stereocenters. The lowest BCUT2D eigenvalue weighted by atomic mass is 9.66. The number of aromatic nitrogens is 1. The van der Waals surface area contributed by atoms with Crippen LogP contribution in [0.1, 0.15) is 116 Å². The summed E-state index contributed by atoms with van der Waals surface area (Å²) in [5, 5.41) is 7.34. The highest BCUT2D eigenvalue weighted by atomic mass is 15.1. The predicted octanol–water partition coefficient (Wildman–Crippen LogP) is 21.8. The van der Waals surface area contributed by atoms with Crippen molar-refractivity contribution in [3.05, 3.63) is 281 Å². The molecule has 11 aromatic carbocycles. The van der Waals surface area contributed by atoms with Crippen LogP contribution >= 0.6 is 0 Å². The molecule has 1 aliphatic rings. The van der Waals surface area contributed by atoms with Gasteiger partial charge in [0.2, 0.25) is 0 Å². The number of aryl methyl sites for hydroxylation is 2.